The lowest BCUT2D eigenvalue weighted by molar-refractivity contribution is 0.0744. The van der Waals surface area contributed by atoms with E-state index < -0.39 is 0 Å². The van der Waals surface area contributed by atoms with Crippen molar-refractivity contribution in [1.82, 2.24) is 5.32 Å². The standard InChI is InChI=1S/C14H17NO2/c1-15-14(12-7-4-8-16-12)13-9-10-5-2-3-6-11(10)17-13/h2-3,5-6,9,12,14-15H,4,7-8H2,1H3. The van der Waals surface area contributed by atoms with E-state index in [9.17, 15) is 0 Å². The lowest BCUT2D eigenvalue weighted by Crippen LogP contribution is -2.28. The van der Waals surface area contributed by atoms with Crippen LogP contribution in [0.1, 0.15) is 24.6 Å². The first-order valence-electron chi connectivity index (χ1n) is 6.16. The Bertz CT molecular complexity index is 467. The highest BCUT2D eigenvalue weighted by Gasteiger charge is 2.28. The highest BCUT2D eigenvalue weighted by molar-refractivity contribution is 5.77. The molecule has 1 fully saturated rings. The van der Waals surface area contributed by atoms with E-state index in [-0.39, 0.29) is 12.1 Å². The maximum absolute atomic E-state index is 5.89. The number of furan rings is 1. The lowest BCUT2D eigenvalue weighted by Gasteiger charge is -2.19. The highest BCUT2D eigenvalue weighted by Crippen LogP contribution is 2.30. The van der Waals surface area contributed by atoms with Crippen LogP contribution in [0.3, 0.4) is 0 Å². The molecule has 1 aromatic carbocycles. The summed E-state index contributed by atoms with van der Waals surface area (Å²) in [7, 11) is 1.96. The first-order valence-corrected chi connectivity index (χ1v) is 6.16. The molecule has 90 valence electrons. The zero-order valence-electron chi connectivity index (χ0n) is 9.98. The lowest BCUT2D eigenvalue weighted by atomic mass is 10.1. The summed E-state index contributed by atoms with van der Waals surface area (Å²) in [5, 5.41) is 4.46. The molecular formula is C14H17NO2. The van der Waals surface area contributed by atoms with E-state index in [2.05, 4.69) is 17.4 Å². The van der Waals surface area contributed by atoms with Crippen LogP contribution < -0.4 is 5.32 Å². The van der Waals surface area contributed by atoms with Gasteiger partial charge in [0.25, 0.3) is 0 Å². The van der Waals surface area contributed by atoms with Crippen molar-refractivity contribution in [2.45, 2.75) is 25.0 Å². The summed E-state index contributed by atoms with van der Waals surface area (Å²) in [6.07, 6.45) is 2.48. The van der Waals surface area contributed by atoms with Gasteiger partial charge < -0.3 is 14.5 Å². The molecule has 2 aromatic rings. The second-order valence-corrected chi connectivity index (χ2v) is 4.50. The van der Waals surface area contributed by atoms with Crippen molar-refractivity contribution in [1.29, 1.82) is 0 Å². The molecule has 2 heterocycles. The summed E-state index contributed by atoms with van der Waals surface area (Å²) in [5.74, 6) is 0.973. The van der Waals surface area contributed by atoms with Gasteiger partial charge >= 0.3 is 0 Å². The van der Waals surface area contributed by atoms with Gasteiger partial charge in [0.2, 0.25) is 0 Å². The minimum Gasteiger partial charge on any atom is -0.459 e. The number of para-hydroxylation sites is 1. The third kappa shape index (κ3) is 1.96. The van der Waals surface area contributed by atoms with Crippen LogP contribution >= 0.6 is 0 Å². The predicted molar refractivity (Wildman–Crippen MR) is 67.0 cm³/mol. The van der Waals surface area contributed by atoms with Gasteiger partial charge in [0, 0.05) is 12.0 Å². The Morgan fingerprint density at radius 3 is 2.94 bits per heavy atom. The van der Waals surface area contributed by atoms with Crippen LogP contribution in [-0.2, 0) is 4.74 Å². The fourth-order valence-electron chi connectivity index (χ4n) is 2.53. The average Bonchev–Trinajstić information content (AvgIpc) is 2.98. The van der Waals surface area contributed by atoms with Gasteiger partial charge in [0.05, 0.1) is 12.1 Å². The zero-order chi connectivity index (χ0) is 11.7. The van der Waals surface area contributed by atoms with Crippen LogP contribution in [0.5, 0.6) is 0 Å². The van der Waals surface area contributed by atoms with Gasteiger partial charge in [-0.3, -0.25) is 0 Å². The first-order chi connectivity index (χ1) is 8.38. The third-order valence-corrected chi connectivity index (χ3v) is 3.40. The fourth-order valence-corrected chi connectivity index (χ4v) is 2.53. The summed E-state index contributed by atoms with van der Waals surface area (Å²) in [6.45, 7) is 0.864. The molecule has 0 saturated carbocycles. The number of hydrogen-bond acceptors (Lipinski definition) is 3. The van der Waals surface area contributed by atoms with E-state index >= 15 is 0 Å². The maximum Gasteiger partial charge on any atom is 0.134 e. The summed E-state index contributed by atoms with van der Waals surface area (Å²) in [5.41, 5.74) is 0.945. The number of likely N-dealkylation sites (N-methyl/N-ethyl adjacent to an activating group) is 1. The molecule has 3 heteroatoms. The van der Waals surface area contributed by atoms with Crippen molar-refractivity contribution in [2.75, 3.05) is 13.7 Å². The molecule has 1 aliphatic heterocycles. The minimum absolute atomic E-state index is 0.157. The fraction of sp³-hybridized carbons (Fsp3) is 0.429. The molecule has 0 spiro atoms. The van der Waals surface area contributed by atoms with Crippen molar-refractivity contribution in [3.8, 4) is 0 Å². The largest absolute Gasteiger partial charge is 0.459 e. The molecule has 1 N–H and O–H groups in total. The van der Waals surface area contributed by atoms with E-state index in [4.69, 9.17) is 9.15 Å². The number of rotatable bonds is 3. The normalized spacial score (nSPS) is 22.1. The Morgan fingerprint density at radius 1 is 1.35 bits per heavy atom. The molecule has 3 nitrogen and oxygen atoms in total. The Kier molecular flexibility index (Phi) is 2.87. The molecule has 0 amide bonds. The van der Waals surface area contributed by atoms with Crippen molar-refractivity contribution >= 4 is 11.0 Å². The number of ether oxygens (including phenoxy) is 1. The summed E-state index contributed by atoms with van der Waals surface area (Å²) >= 11 is 0. The number of fused-ring (bicyclic) bond motifs is 1. The van der Waals surface area contributed by atoms with E-state index in [0.29, 0.717) is 0 Å². The molecule has 3 rings (SSSR count). The Labute approximate surface area is 101 Å². The van der Waals surface area contributed by atoms with E-state index in [1.54, 1.807) is 0 Å². The van der Waals surface area contributed by atoms with Gasteiger partial charge in [-0.25, -0.2) is 0 Å². The van der Waals surface area contributed by atoms with Crippen molar-refractivity contribution < 1.29 is 9.15 Å². The molecule has 1 aliphatic rings. The Morgan fingerprint density at radius 2 is 2.24 bits per heavy atom. The second kappa shape index (κ2) is 4.51. The molecule has 0 bridgehead atoms. The van der Waals surface area contributed by atoms with Crippen molar-refractivity contribution in [2.24, 2.45) is 0 Å². The quantitative estimate of drug-likeness (QED) is 0.882. The number of hydrogen-bond donors (Lipinski definition) is 1. The van der Waals surface area contributed by atoms with Gasteiger partial charge in [-0.05, 0) is 32.0 Å². The smallest absolute Gasteiger partial charge is 0.134 e. The molecule has 2 atom stereocenters. The van der Waals surface area contributed by atoms with E-state index in [1.165, 1.54) is 0 Å². The minimum atomic E-state index is 0.157. The van der Waals surface area contributed by atoms with Gasteiger partial charge in [-0.15, -0.1) is 0 Å². The molecule has 0 aliphatic carbocycles. The zero-order valence-corrected chi connectivity index (χ0v) is 9.98. The molecule has 1 saturated heterocycles. The monoisotopic (exact) mass is 231 g/mol. The highest BCUT2D eigenvalue weighted by atomic mass is 16.5. The summed E-state index contributed by atoms with van der Waals surface area (Å²) in [6, 6.07) is 10.4. The van der Waals surface area contributed by atoms with Gasteiger partial charge in [-0.2, -0.15) is 0 Å². The van der Waals surface area contributed by atoms with Crippen molar-refractivity contribution in [3.05, 3.63) is 36.1 Å². The summed E-state index contributed by atoms with van der Waals surface area (Å²) < 4.78 is 11.6. The van der Waals surface area contributed by atoms with Gasteiger partial charge in [0.15, 0.2) is 0 Å². The molecular weight excluding hydrogens is 214 g/mol. The van der Waals surface area contributed by atoms with Gasteiger partial charge in [-0.1, -0.05) is 18.2 Å². The van der Waals surface area contributed by atoms with E-state index in [0.717, 1.165) is 36.2 Å². The number of benzene rings is 1. The van der Waals surface area contributed by atoms with Crippen LogP contribution in [0.15, 0.2) is 34.7 Å². The molecule has 2 unspecified atom stereocenters. The average molecular weight is 231 g/mol. The Hall–Kier alpha value is -1.32. The number of nitrogens with one attached hydrogen (secondary N) is 1. The van der Waals surface area contributed by atoms with E-state index in [1.807, 2.05) is 25.2 Å². The van der Waals surface area contributed by atoms with Crippen LogP contribution in [0.25, 0.3) is 11.0 Å². The van der Waals surface area contributed by atoms with Crippen molar-refractivity contribution in [3.63, 3.8) is 0 Å². The summed E-state index contributed by atoms with van der Waals surface area (Å²) in [4.78, 5) is 0. The van der Waals surface area contributed by atoms with Crippen LogP contribution in [0, 0.1) is 0 Å². The SMILES string of the molecule is CNC(c1cc2ccccc2o1)C1CCCO1. The van der Waals surface area contributed by atoms with Gasteiger partial charge in [0.1, 0.15) is 11.3 Å². The topological polar surface area (TPSA) is 34.4 Å². The predicted octanol–water partition coefficient (Wildman–Crippen LogP) is 2.87. The molecule has 1 aromatic heterocycles. The molecule has 0 radical (unpaired) electrons. The third-order valence-electron chi connectivity index (χ3n) is 3.40. The van der Waals surface area contributed by atoms with Crippen LogP contribution in [0.2, 0.25) is 0 Å². The maximum atomic E-state index is 5.89. The van der Waals surface area contributed by atoms with Crippen LogP contribution in [0.4, 0.5) is 0 Å². The second-order valence-electron chi connectivity index (χ2n) is 4.50. The van der Waals surface area contributed by atoms with Crippen LogP contribution in [-0.4, -0.2) is 19.8 Å². The first kappa shape index (κ1) is 10.8. The Balaban J connectivity index is 1.94. The molecule has 17 heavy (non-hydrogen) atoms.